The molecule has 4 aromatic rings. The summed E-state index contributed by atoms with van der Waals surface area (Å²) in [5, 5.41) is 0.659. The van der Waals surface area contributed by atoms with Crippen molar-refractivity contribution in [2.75, 3.05) is 55.9 Å². The van der Waals surface area contributed by atoms with Crippen LogP contribution in [0.15, 0.2) is 66.1 Å². The predicted molar refractivity (Wildman–Crippen MR) is 159 cm³/mol. The van der Waals surface area contributed by atoms with Gasteiger partial charge < -0.3 is 25.2 Å². The zero-order valence-corrected chi connectivity index (χ0v) is 23.2. The Labute approximate surface area is 232 Å². The van der Waals surface area contributed by atoms with Crippen LogP contribution in [0, 0.1) is 13.8 Å². The number of pyridine rings is 1. The second kappa shape index (κ2) is 10.8. The monoisotopic (exact) mass is 539 g/mol. The standard InChI is InChI=1S/C30H33N7O3/c1-6-26(38)36-13-12-35(23-9-7-8-19(2)27(23)36)24-17-21-18-32-30(31)33-28(21)37(29(24)39)22-10-11-25(20(3)16-22)40-15-14-34(4)5/h6-11,16-18H,1,12-15H2,2-5H3,(H2,31,32,33). The molecule has 3 heterocycles. The molecule has 0 atom stereocenters. The average molecular weight is 540 g/mol. The first kappa shape index (κ1) is 26.9. The predicted octanol–water partition coefficient (Wildman–Crippen LogP) is 3.59. The molecule has 0 saturated heterocycles. The number of carbonyl (C=O) groups is 1. The number of hydrogen-bond acceptors (Lipinski definition) is 8. The van der Waals surface area contributed by atoms with Crippen LogP contribution < -0.4 is 25.8 Å². The molecule has 1 amide bonds. The van der Waals surface area contributed by atoms with Crippen LogP contribution in [0.3, 0.4) is 0 Å². The van der Waals surface area contributed by atoms with Crippen molar-refractivity contribution >= 4 is 40.0 Å². The molecular weight excluding hydrogens is 506 g/mol. The number of nitrogen functional groups attached to an aromatic ring is 1. The number of amides is 1. The fourth-order valence-electron chi connectivity index (χ4n) is 5.03. The molecule has 0 spiro atoms. The number of fused-ring (bicyclic) bond motifs is 2. The zero-order chi connectivity index (χ0) is 28.6. The van der Waals surface area contributed by atoms with Crippen molar-refractivity contribution < 1.29 is 9.53 Å². The third-order valence-electron chi connectivity index (χ3n) is 7.01. The van der Waals surface area contributed by atoms with E-state index in [-0.39, 0.29) is 17.4 Å². The molecule has 1 aliphatic rings. The molecule has 0 bridgehead atoms. The van der Waals surface area contributed by atoms with Gasteiger partial charge >= 0.3 is 0 Å². The Bertz CT molecular complexity index is 1680. The van der Waals surface area contributed by atoms with Crippen LogP contribution in [0.5, 0.6) is 5.75 Å². The molecule has 5 rings (SSSR count). The number of carbonyl (C=O) groups excluding carboxylic acids is 1. The van der Waals surface area contributed by atoms with Crippen molar-refractivity contribution in [2.45, 2.75) is 13.8 Å². The summed E-state index contributed by atoms with van der Waals surface area (Å²) in [4.78, 5) is 41.3. The Kier molecular flexibility index (Phi) is 7.27. The molecule has 2 aromatic heterocycles. The highest BCUT2D eigenvalue weighted by Crippen LogP contribution is 2.40. The number of nitrogens with two attached hydrogens (primary N) is 1. The number of nitrogens with zero attached hydrogens (tertiary/aromatic N) is 6. The molecule has 206 valence electrons. The number of ether oxygens (including phenoxy) is 1. The van der Waals surface area contributed by atoms with Crippen LogP contribution in [0.2, 0.25) is 0 Å². The maximum Gasteiger partial charge on any atom is 0.280 e. The molecular formula is C30H33N7O3. The lowest BCUT2D eigenvalue weighted by atomic mass is 10.1. The summed E-state index contributed by atoms with van der Waals surface area (Å²) >= 11 is 0. The lowest BCUT2D eigenvalue weighted by molar-refractivity contribution is -0.114. The van der Waals surface area contributed by atoms with Crippen molar-refractivity contribution in [3.05, 3.63) is 82.8 Å². The van der Waals surface area contributed by atoms with E-state index in [1.165, 1.54) is 6.08 Å². The van der Waals surface area contributed by atoms with Crippen molar-refractivity contribution in [2.24, 2.45) is 0 Å². The molecule has 1 aliphatic heterocycles. The van der Waals surface area contributed by atoms with E-state index in [0.717, 1.165) is 34.8 Å². The Hall–Kier alpha value is -4.70. The number of aryl methyl sites for hydroxylation is 2. The van der Waals surface area contributed by atoms with Gasteiger partial charge in [0.1, 0.15) is 18.0 Å². The molecule has 10 heteroatoms. The number of hydrogen-bond donors (Lipinski definition) is 1. The van der Waals surface area contributed by atoms with Crippen LogP contribution >= 0.6 is 0 Å². The van der Waals surface area contributed by atoms with Crippen molar-refractivity contribution in [3.63, 3.8) is 0 Å². The number of likely N-dealkylation sites (N-methyl/N-ethyl adjacent to an activating group) is 1. The van der Waals surface area contributed by atoms with E-state index in [9.17, 15) is 9.59 Å². The van der Waals surface area contributed by atoms with Gasteiger partial charge in [0, 0.05) is 31.2 Å². The van der Waals surface area contributed by atoms with E-state index < -0.39 is 0 Å². The third kappa shape index (κ3) is 4.89. The molecule has 0 radical (unpaired) electrons. The van der Waals surface area contributed by atoms with E-state index >= 15 is 0 Å². The maximum absolute atomic E-state index is 14.3. The minimum Gasteiger partial charge on any atom is -0.492 e. The van der Waals surface area contributed by atoms with Gasteiger partial charge in [-0.25, -0.2) is 4.98 Å². The normalized spacial score (nSPS) is 13.0. The summed E-state index contributed by atoms with van der Waals surface area (Å²) in [6.45, 7) is 9.72. The summed E-state index contributed by atoms with van der Waals surface area (Å²) < 4.78 is 7.53. The maximum atomic E-state index is 14.3. The van der Waals surface area contributed by atoms with Gasteiger partial charge in [-0.2, -0.15) is 4.98 Å². The summed E-state index contributed by atoms with van der Waals surface area (Å²) in [5.41, 5.74) is 10.5. The zero-order valence-electron chi connectivity index (χ0n) is 23.2. The average Bonchev–Trinajstić information content (AvgIpc) is 2.93. The van der Waals surface area contributed by atoms with Gasteiger partial charge in [-0.3, -0.25) is 14.2 Å². The Morgan fingerprint density at radius 2 is 1.93 bits per heavy atom. The fraction of sp³-hybridized carbons (Fsp3) is 0.267. The Morgan fingerprint density at radius 3 is 2.65 bits per heavy atom. The summed E-state index contributed by atoms with van der Waals surface area (Å²) in [6, 6.07) is 13.2. The van der Waals surface area contributed by atoms with Crippen LogP contribution in [-0.4, -0.2) is 65.7 Å². The summed E-state index contributed by atoms with van der Waals surface area (Å²) in [7, 11) is 3.99. The SMILES string of the molecule is C=CC(=O)N1CCN(c2cc3cnc(N)nc3n(-c3ccc(OCCN(C)C)c(C)c3)c2=O)c2cccc(C)c21. The van der Waals surface area contributed by atoms with Crippen LogP contribution in [0.4, 0.5) is 23.0 Å². The fourth-order valence-corrected chi connectivity index (χ4v) is 5.03. The van der Waals surface area contributed by atoms with E-state index in [1.807, 2.05) is 69.2 Å². The lowest BCUT2D eigenvalue weighted by Crippen LogP contribution is -2.43. The highest BCUT2D eigenvalue weighted by Gasteiger charge is 2.30. The molecule has 2 aromatic carbocycles. The van der Waals surface area contributed by atoms with Gasteiger partial charge in [-0.15, -0.1) is 0 Å². The summed E-state index contributed by atoms with van der Waals surface area (Å²) in [6.07, 6.45) is 2.93. The molecule has 0 unspecified atom stereocenters. The van der Waals surface area contributed by atoms with E-state index in [0.29, 0.717) is 42.1 Å². The van der Waals surface area contributed by atoms with Gasteiger partial charge in [0.2, 0.25) is 5.95 Å². The van der Waals surface area contributed by atoms with Gasteiger partial charge in [0.15, 0.2) is 5.65 Å². The van der Waals surface area contributed by atoms with Gasteiger partial charge in [-0.1, -0.05) is 18.7 Å². The molecule has 0 saturated carbocycles. The van der Waals surface area contributed by atoms with Crippen molar-refractivity contribution in [1.29, 1.82) is 0 Å². The number of benzene rings is 2. The second-order valence-corrected chi connectivity index (χ2v) is 10.1. The highest BCUT2D eigenvalue weighted by molar-refractivity contribution is 6.05. The van der Waals surface area contributed by atoms with E-state index in [4.69, 9.17) is 10.5 Å². The van der Waals surface area contributed by atoms with Crippen molar-refractivity contribution in [1.82, 2.24) is 19.4 Å². The number of para-hydroxylation sites is 1. The third-order valence-corrected chi connectivity index (χ3v) is 7.01. The topological polar surface area (TPSA) is 110 Å². The molecule has 40 heavy (non-hydrogen) atoms. The Morgan fingerprint density at radius 1 is 1.12 bits per heavy atom. The lowest BCUT2D eigenvalue weighted by Gasteiger charge is -2.38. The molecule has 2 N–H and O–H groups in total. The number of anilines is 4. The quantitative estimate of drug-likeness (QED) is 0.355. The smallest absolute Gasteiger partial charge is 0.280 e. The Balaban J connectivity index is 1.67. The van der Waals surface area contributed by atoms with Crippen LogP contribution in [0.1, 0.15) is 11.1 Å². The van der Waals surface area contributed by atoms with Crippen LogP contribution in [-0.2, 0) is 4.79 Å². The molecule has 10 nitrogen and oxygen atoms in total. The van der Waals surface area contributed by atoms with Gasteiger partial charge in [-0.05, 0) is 75.5 Å². The van der Waals surface area contributed by atoms with E-state index in [2.05, 4.69) is 21.4 Å². The van der Waals surface area contributed by atoms with E-state index in [1.54, 1.807) is 21.7 Å². The highest BCUT2D eigenvalue weighted by atomic mass is 16.5. The number of aromatic nitrogens is 3. The van der Waals surface area contributed by atoms with Crippen molar-refractivity contribution in [3.8, 4) is 11.4 Å². The first-order chi connectivity index (χ1) is 19.2. The largest absolute Gasteiger partial charge is 0.492 e. The minimum absolute atomic E-state index is 0.0753. The molecule has 0 fully saturated rings. The van der Waals surface area contributed by atoms with Gasteiger partial charge in [0.25, 0.3) is 11.5 Å². The molecule has 0 aliphatic carbocycles. The first-order valence-electron chi connectivity index (χ1n) is 13.1. The number of rotatable bonds is 7. The minimum atomic E-state index is -0.262. The first-order valence-corrected chi connectivity index (χ1v) is 13.1. The van der Waals surface area contributed by atoms with Gasteiger partial charge in [0.05, 0.1) is 17.1 Å². The second-order valence-electron chi connectivity index (χ2n) is 10.1. The summed E-state index contributed by atoms with van der Waals surface area (Å²) in [5.74, 6) is 0.644. The van der Waals surface area contributed by atoms with Crippen LogP contribution in [0.25, 0.3) is 16.7 Å².